The zero-order chi connectivity index (χ0) is 11.8. The van der Waals surface area contributed by atoms with Gasteiger partial charge in [0.2, 0.25) is 0 Å². The molecule has 16 heavy (non-hydrogen) atoms. The molecule has 1 heterocycles. The number of hydrogen-bond donors (Lipinski definition) is 0. The number of hydrogen-bond acceptors (Lipinski definition) is 3. The van der Waals surface area contributed by atoms with E-state index in [4.69, 9.17) is 21.1 Å². The lowest BCUT2D eigenvalue weighted by Crippen LogP contribution is -2.46. The van der Waals surface area contributed by atoms with Crippen molar-refractivity contribution in [3.63, 3.8) is 0 Å². The Balaban J connectivity index is 2.44. The van der Waals surface area contributed by atoms with Gasteiger partial charge in [-0.1, -0.05) is 13.3 Å². The molecule has 0 aromatic rings. The van der Waals surface area contributed by atoms with Crippen LogP contribution in [0, 0.1) is 0 Å². The molecular formula is C11H20ClNO3. The van der Waals surface area contributed by atoms with Crippen LogP contribution < -0.4 is 0 Å². The van der Waals surface area contributed by atoms with Crippen molar-refractivity contribution in [3.05, 3.63) is 0 Å². The first-order chi connectivity index (χ1) is 7.79. The molecule has 1 rings (SSSR count). The van der Waals surface area contributed by atoms with Crippen LogP contribution in [0.1, 0.15) is 19.8 Å². The molecule has 0 saturated carbocycles. The Kier molecular flexibility index (Phi) is 6.76. The number of unbranched alkanes of at least 4 members (excludes halogenated alkanes) is 1. The lowest BCUT2D eigenvalue weighted by atomic mass is 10.2. The molecule has 0 aromatic heterocycles. The first-order valence-electron chi connectivity index (χ1n) is 5.83. The Bertz CT molecular complexity index is 207. The van der Waals surface area contributed by atoms with Crippen LogP contribution in [0.2, 0.25) is 0 Å². The fourth-order valence-corrected chi connectivity index (χ4v) is 1.82. The van der Waals surface area contributed by atoms with Gasteiger partial charge in [-0.3, -0.25) is 4.79 Å². The maximum Gasteiger partial charge on any atom is 0.254 e. The van der Waals surface area contributed by atoms with E-state index in [2.05, 4.69) is 6.92 Å². The van der Waals surface area contributed by atoms with Gasteiger partial charge in [-0.25, -0.2) is 0 Å². The van der Waals surface area contributed by atoms with E-state index in [-0.39, 0.29) is 5.91 Å². The highest BCUT2D eigenvalue weighted by molar-refractivity contribution is 6.18. The van der Waals surface area contributed by atoms with Crippen LogP contribution in [-0.4, -0.2) is 55.7 Å². The van der Waals surface area contributed by atoms with E-state index in [9.17, 15) is 4.79 Å². The lowest BCUT2D eigenvalue weighted by molar-refractivity contribution is -0.157. The molecule has 1 saturated heterocycles. The van der Waals surface area contributed by atoms with Crippen molar-refractivity contribution < 1.29 is 14.3 Å². The fraction of sp³-hybridized carbons (Fsp3) is 0.909. The molecule has 1 fully saturated rings. The quantitative estimate of drug-likeness (QED) is 0.666. The minimum Gasteiger partial charge on any atom is -0.376 e. The van der Waals surface area contributed by atoms with Gasteiger partial charge in [0.15, 0.2) is 6.10 Å². The van der Waals surface area contributed by atoms with Crippen LogP contribution in [0.3, 0.4) is 0 Å². The molecule has 1 unspecified atom stereocenters. The second kappa shape index (κ2) is 7.87. The maximum absolute atomic E-state index is 12.1. The lowest BCUT2D eigenvalue weighted by Gasteiger charge is -2.29. The molecule has 1 atom stereocenters. The third kappa shape index (κ3) is 4.28. The van der Waals surface area contributed by atoms with E-state index in [0.717, 1.165) is 19.4 Å². The summed E-state index contributed by atoms with van der Waals surface area (Å²) in [6.45, 7) is 4.88. The molecule has 5 heteroatoms. The van der Waals surface area contributed by atoms with Gasteiger partial charge in [-0.2, -0.15) is 0 Å². The summed E-state index contributed by atoms with van der Waals surface area (Å²) in [6, 6.07) is 0. The molecule has 0 aliphatic carbocycles. The van der Waals surface area contributed by atoms with E-state index in [1.165, 1.54) is 0 Å². The Morgan fingerprint density at radius 3 is 2.81 bits per heavy atom. The summed E-state index contributed by atoms with van der Waals surface area (Å²) in [5, 5.41) is 0. The van der Waals surface area contributed by atoms with Gasteiger partial charge >= 0.3 is 0 Å². The highest BCUT2D eigenvalue weighted by Crippen LogP contribution is 2.07. The predicted octanol–water partition coefficient (Wildman–Crippen LogP) is 1.27. The minimum atomic E-state index is -0.436. The van der Waals surface area contributed by atoms with Crippen molar-refractivity contribution in [2.75, 3.05) is 38.8 Å². The Morgan fingerprint density at radius 1 is 1.44 bits per heavy atom. The van der Waals surface area contributed by atoms with E-state index in [0.29, 0.717) is 32.2 Å². The first-order valence-corrected chi connectivity index (χ1v) is 6.37. The highest BCUT2D eigenvalue weighted by Gasteiger charge is 2.26. The van der Waals surface area contributed by atoms with Crippen LogP contribution in [0.4, 0.5) is 0 Å². The van der Waals surface area contributed by atoms with Gasteiger partial charge in [0.25, 0.3) is 5.91 Å². The van der Waals surface area contributed by atoms with Crippen LogP contribution in [-0.2, 0) is 14.3 Å². The molecule has 1 amide bonds. The van der Waals surface area contributed by atoms with E-state index >= 15 is 0 Å². The Labute approximate surface area is 102 Å². The summed E-state index contributed by atoms with van der Waals surface area (Å²) in [5.74, 6) is 0.469. The summed E-state index contributed by atoms with van der Waals surface area (Å²) < 4.78 is 10.6. The van der Waals surface area contributed by atoms with Gasteiger partial charge in [0, 0.05) is 19.0 Å². The van der Waals surface area contributed by atoms with Crippen molar-refractivity contribution in [1.29, 1.82) is 0 Å². The molecule has 0 N–H and O–H groups in total. The topological polar surface area (TPSA) is 38.8 Å². The smallest absolute Gasteiger partial charge is 0.254 e. The molecule has 0 aromatic carbocycles. The van der Waals surface area contributed by atoms with Gasteiger partial charge in [0.05, 0.1) is 19.8 Å². The summed E-state index contributed by atoms with van der Waals surface area (Å²) in [4.78, 5) is 13.8. The van der Waals surface area contributed by atoms with Crippen LogP contribution in [0.5, 0.6) is 0 Å². The number of carbonyl (C=O) groups excluding carboxylic acids is 1. The highest BCUT2D eigenvalue weighted by atomic mass is 35.5. The van der Waals surface area contributed by atoms with E-state index < -0.39 is 6.10 Å². The summed E-state index contributed by atoms with van der Waals surface area (Å²) in [6.07, 6.45) is 1.62. The predicted molar refractivity (Wildman–Crippen MR) is 62.8 cm³/mol. The van der Waals surface area contributed by atoms with Gasteiger partial charge < -0.3 is 14.4 Å². The summed E-state index contributed by atoms with van der Waals surface area (Å²) in [5.41, 5.74) is 0. The van der Waals surface area contributed by atoms with Crippen LogP contribution >= 0.6 is 11.6 Å². The Morgan fingerprint density at radius 2 is 2.25 bits per heavy atom. The average Bonchev–Trinajstić information content (AvgIpc) is 2.35. The molecule has 1 aliphatic heterocycles. The number of carbonyl (C=O) groups is 1. The van der Waals surface area contributed by atoms with Gasteiger partial charge in [-0.05, 0) is 6.42 Å². The average molecular weight is 250 g/mol. The van der Waals surface area contributed by atoms with Gasteiger partial charge in [-0.15, -0.1) is 11.6 Å². The van der Waals surface area contributed by atoms with Crippen LogP contribution in [0.15, 0.2) is 0 Å². The second-order valence-corrected chi connectivity index (χ2v) is 4.18. The zero-order valence-electron chi connectivity index (χ0n) is 9.78. The molecule has 94 valence electrons. The molecule has 0 spiro atoms. The maximum atomic E-state index is 12.1. The number of nitrogens with zero attached hydrogens (tertiary/aromatic N) is 1. The fourth-order valence-electron chi connectivity index (χ4n) is 1.62. The minimum absolute atomic E-state index is 0.00815. The standard InChI is InChI=1S/C11H20ClNO3/c1-2-3-5-13(6-4-12)11(14)10-9-15-7-8-16-10/h10H,2-9H2,1H3. The molecule has 0 bridgehead atoms. The number of halogens is 1. The van der Waals surface area contributed by atoms with E-state index in [1.54, 1.807) is 4.90 Å². The molecule has 4 nitrogen and oxygen atoms in total. The normalized spacial score (nSPS) is 20.8. The number of amides is 1. The SMILES string of the molecule is CCCCN(CCCl)C(=O)C1COCCO1. The van der Waals surface area contributed by atoms with Crippen molar-refractivity contribution in [3.8, 4) is 0 Å². The van der Waals surface area contributed by atoms with Crippen molar-refractivity contribution in [1.82, 2.24) is 4.90 Å². The monoisotopic (exact) mass is 249 g/mol. The number of ether oxygens (including phenoxy) is 2. The van der Waals surface area contributed by atoms with E-state index in [1.807, 2.05) is 0 Å². The van der Waals surface area contributed by atoms with Crippen molar-refractivity contribution >= 4 is 17.5 Å². The largest absolute Gasteiger partial charge is 0.376 e. The zero-order valence-corrected chi connectivity index (χ0v) is 10.5. The second-order valence-electron chi connectivity index (χ2n) is 3.80. The summed E-state index contributed by atoms with van der Waals surface area (Å²) >= 11 is 5.69. The third-order valence-electron chi connectivity index (χ3n) is 2.54. The van der Waals surface area contributed by atoms with Gasteiger partial charge in [0.1, 0.15) is 0 Å². The van der Waals surface area contributed by atoms with Crippen molar-refractivity contribution in [2.24, 2.45) is 0 Å². The summed E-state index contributed by atoms with van der Waals surface area (Å²) in [7, 11) is 0. The van der Waals surface area contributed by atoms with Crippen LogP contribution in [0.25, 0.3) is 0 Å². The van der Waals surface area contributed by atoms with Crippen molar-refractivity contribution in [2.45, 2.75) is 25.9 Å². The number of alkyl halides is 1. The first kappa shape index (κ1) is 13.7. The molecule has 1 aliphatic rings. The Hall–Kier alpha value is -0.320. The number of rotatable bonds is 6. The molecule has 0 radical (unpaired) electrons. The third-order valence-corrected chi connectivity index (χ3v) is 2.71. The molecular weight excluding hydrogens is 230 g/mol.